The Bertz CT molecular complexity index is 1450. The van der Waals surface area contributed by atoms with Gasteiger partial charge in [-0.15, -0.1) is 0 Å². The van der Waals surface area contributed by atoms with E-state index in [0.29, 0.717) is 23.1 Å². The molecule has 4 rings (SSSR count). The molecular formula is C21H17F3N6OS. The lowest BCUT2D eigenvalue weighted by Crippen LogP contribution is -2.15. The fraction of sp³-hybridized carbons (Fsp3) is 0.190. The van der Waals surface area contributed by atoms with E-state index in [1.54, 1.807) is 18.3 Å². The number of rotatable bonds is 4. The van der Waals surface area contributed by atoms with Gasteiger partial charge in [0, 0.05) is 18.4 Å². The molecule has 0 aliphatic carbocycles. The van der Waals surface area contributed by atoms with Crippen molar-refractivity contribution in [2.75, 3.05) is 0 Å². The quantitative estimate of drug-likeness (QED) is 0.360. The van der Waals surface area contributed by atoms with E-state index in [-0.39, 0.29) is 21.6 Å². The summed E-state index contributed by atoms with van der Waals surface area (Å²) in [5.41, 5.74) is 1.01. The van der Waals surface area contributed by atoms with Gasteiger partial charge in [0.15, 0.2) is 5.82 Å². The lowest BCUT2D eigenvalue weighted by molar-refractivity contribution is -0.137. The number of hydrogen-bond acceptors (Lipinski definition) is 5. The molecule has 0 amide bonds. The molecule has 0 fully saturated rings. The van der Waals surface area contributed by atoms with Crippen molar-refractivity contribution in [1.29, 1.82) is 0 Å². The Hall–Kier alpha value is -3.60. The number of pyridine rings is 2. The molecule has 4 aromatic rings. The van der Waals surface area contributed by atoms with Crippen LogP contribution in [0.25, 0.3) is 22.4 Å². The zero-order valence-corrected chi connectivity index (χ0v) is 17.8. The molecule has 0 aliphatic heterocycles. The minimum atomic E-state index is -4.42. The van der Waals surface area contributed by atoms with Gasteiger partial charge in [0.25, 0.3) is 0 Å². The third kappa shape index (κ3) is 3.98. The number of halogens is 3. The van der Waals surface area contributed by atoms with E-state index < -0.39 is 11.7 Å². The van der Waals surface area contributed by atoms with Crippen LogP contribution in [-0.2, 0) is 12.7 Å². The predicted molar refractivity (Wildman–Crippen MR) is 117 cm³/mol. The average molecular weight is 458 g/mol. The zero-order valence-electron chi connectivity index (χ0n) is 17.0. The van der Waals surface area contributed by atoms with Gasteiger partial charge in [0.05, 0.1) is 22.7 Å². The Morgan fingerprint density at radius 3 is 2.56 bits per heavy atom. The largest absolute Gasteiger partial charge is 0.416 e. The molecule has 0 spiro atoms. The van der Waals surface area contributed by atoms with Gasteiger partial charge in [-0.25, -0.2) is 10.1 Å². The van der Waals surface area contributed by atoms with Gasteiger partial charge >= 0.3 is 6.18 Å². The van der Waals surface area contributed by atoms with Crippen LogP contribution in [0.4, 0.5) is 13.2 Å². The van der Waals surface area contributed by atoms with E-state index in [1.807, 2.05) is 18.4 Å². The highest BCUT2D eigenvalue weighted by molar-refractivity contribution is 7.71. The number of benzene rings is 1. The number of fused-ring (bicyclic) bond motifs is 1. The SMILES string of the molecule is CCn1cc(-c2n[nH]c(=S)n2/N=C/c2ccc(C(F)(F)F)cc2)c(=O)c2ccc(C)nc21. The molecule has 0 aliphatic rings. The number of aromatic nitrogens is 5. The summed E-state index contributed by atoms with van der Waals surface area (Å²) in [6.45, 7) is 4.34. The first-order valence-corrected chi connectivity index (χ1v) is 10.00. The first-order chi connectivity index (χ1) is 15.2. The van der Waals surface area contributed by atoms with Crippen molar-refractivity contribution in [2.45, 2.75) is 26.6 Å². The normalized spacial score (nSPS) is 12.2. The Morgan fingerprint density at radius 2 is 1.91 bits per heavy atom. The lowest BCUT2D eigenvalue weighted by Gasteiger charge is -2.11. The molecule has 11 heteroatoms. The average Bonchev–Trinajstić information content (AvgIpc) is 3.12. The fourth-order valence-corrected chi connectivity index (χ4v) is 3.40. The predicted octanol–water partition coefficient (Wildman–Crippen LogP) is 4.55. The first kappa shape index (κ1) is 21.6. The summed E-state index contributed by atoms with van der Waals surface area (Å²) >= 11 is 5.24. The molecule has 32 heavy (non-hydrogen) atoms. The van der Waals surface area contributed by atoms with Crippen molar-refractivity contribution in [2.24, 2.45) is 5.10 Å². The minimum Gasteiger partial charge on any atom is -0.332 e. The van der Waals surface area contributed by atoms with Crippen LogP contribution in [-0.4, -0.2) is 30.6 Å². The third-order valence-electron chi connectivity index (χ3n) is 4.85. The molecule has 164 valence electrons. The summed E-state index contributed by atoms with van der Waals surface area (Å²) in [6.07, 6.45) is -1.43. The van der Waals surface area contributed by atoms with E-state index in [1.165, 1.54) is 23.0 Å². The standard InChI is InChI=1S/C21H17F3N6OS/c1-3-29-11-16(17(31)15-9-4-12(2)26-18(15)29)19-27-28-20(32)30(19)25-10-13-5-7-14(8-6-13)21(22,23)24/h4-11H,3H2,1-2H3,(H,28,32)/b25-10+. The molecule has 0 unspecified atom stereocenters. The number of hydrogen-bond donors (Lipinski definition) is 1. The number of alkyl halides is 3. The summed E-state index contributed by atoms with van der Waals surface area (Å²) in [7, 11) is 0. The Balaban J connectivity index is 1.80. The molecular weight excluding hydrogens is 441 g/mol. The van der Waals surface area contributed by atoms with Gasteiger partial charge in [-0.1, -0.05) is 12.1 Å². The van der Waals surface area contributed by atoms with Crippen LogP contribution in [0.1, 0.15) is 23.7 Å². The molecule has 0 saturated heterocycles. The summed E-state index contributed by atoms with van der Waals surface area (Å²) in [5.74, 6) is 0.188. The first-order valence-electron chi connectivity index (χ1n) is 9.59. The van der Waals surface area contributed by atoms with Crippen molar-refractivity contribution in [3.05, 3.63) is 74.4 Å². The van der Waals surface area contributed by atoms with Crippen molar-refractivity contribution < 1.29 is 13.2 Å². The van der Waals surface area contributed by atoms with E-state index in [4.69, 9.17) is 12.2 Å². The Labute approximate surface area is 184 Å². The Kier molecular flexibility index (Phi) is 5.51. The highest BCUT2D eigenvalue weighted by Crippen LogP contribution is 2.29. The van der Waals surface area contributed by atoms with E-state index in [9.17, 15) is 18.0 Å². The highest BCUT2D eigenvalue weighted by atomic mass is 32.1. The van der Waals surface area contributed by atoms with Crippen LogP contribution >= 0.6 is 12.2 Å². The van der Waals surface area contributed by atoms with Crippen LogP contribution in [0.2, 0.25) is 0 Å². The number of aryl methyl sites for hydroxylation is 2. The number of nitrogens with zero attached hydrogens (tertiary/aromatic N) is 5. The van der Waals surface area contributed by atoms with E-state index in [2.05, 4.69) is 20.3 Å². The second-order valence-corrected chi connectivity index (χ2v) is 7.40. The molecule has 1 aromatic carbocycles. The number of nitrogens with one attached hydrogen (secondary N) is 1. The maximum atomic E-state index is 13.2. The van der Waals surface area contributed by atoms with Gasteiger partial charge in [-0.2, -0.15) is 28.0 Å². The summed E-state index contributed by atoms with van der Waals surface area (Å²) in [6, 6.07) is 8.00. The lowest BCUT2D eigenvalue weighted by atomic mass is 10.1. The van der Waals surface area contributed by atoms with Crippen molar-refractivity contribution in [3.63, 3.8) is 0 Å². The molecule has 0 saturated carbocycles. The summed E-state index contributed by atoms with van der Waals surface area (Å²) < 4.78 is 41.5. The van der Waals surface area contributed by atoms with Gasteiger partial charge in [-0.05, 0) is 55.9 Å². The monoisotopic (exact) mass is 458 g/mol. The fourth-order valence-electron chi connectivity index (χ4n) is 3.22. The minimum absolute atomic E-state index is 0.132. The summed E-state index contributed by atoms with van der Waals surface area (Å²) in [4.78, 5) is 17.6. The Morgan fingerprint density at radius 1 is 1.19 bits per heavy atom. The third-order valence-corrected chi connectivity index (χ3v) is 5.12. The maximum absolute atomic E-state index is 13.2. The summed E-state index contributed by atoms with van der Waals surface area (Å²) in [5, 5.41) is 11.4. The van der Waals surface area contributed by atoms with E-state index in [0.717, 1.165) is 17.8 Å². The number of aromatic amines is 1. The van der Waals surface area contributed by atoms with Gasteiger partial charge < -0.3 is 4.57 Å². The molecule has 0 atom stereocenters. The van der Waals surface area contributed by atoms with Crippen LogP contribution in [0, 0.1) is 11.7 Å². The second-order valence-electron chi connectivity index (χ2n) is 7.01. The molecule has 0 radical (unpaired) electrons. The van der Waals surface area contributed by atoms with Gasteiger partial charge in [0.2, 0.25) is 10.2 Å². The zero-order chi connectivity index (χ0) is 23.0. The van der Waals surface area contributed by atoms with Crippen LogP contribution < -0.4 is 5.43 Å². The number of H-pyrrole nitrogens is 1. The van der Waals surface area contributed by atoms with Crippen LogP contribution in [0.15, 0.2) is 52.5 Å². The smallest absolute Gasteiger partial charge is 0.332 e. The van der Waals surface area contributed by atoms with Gasteiger partial charge in [-0.3, -0.25) is 4.79 Å². The molecule has 3 aromatic heterocycles. The molecule has 0 bridgehead atoms. The van der Waals surface area contributed by atoms with Crippen LogP contribution in [0.5, 0.6) is 0 Å². The van der Waals surface area contributed by atoms with Crippen LogP contribution in [0.3, 0.4) is 0 Å². The molecule has 1 N–H and O–H groups in total. The maximum Gasteiger partial charge on any atom is 0.416 e. The topological polar surface area (TPSA) is 80.9 Å². The second kappa shape index (κ2) is 8.15. The van der Waals surface area contributed by atoms with Crippen molar-refractivity contribution >= 4 is 29.5 Å². The van der Waals surface area contributed by atoms with E-state index >= 15 is 0 Å². The van der Waals surface area contributed by atoms with Gasteiger partial charge in [0.1, 0.15) is 5.65 Å². The van der Waals surface area contributed by atoms with Crippen molar-refractivity contribution in [1.82, 2.24) is 24.4 Å². The molecule has 3 heterocycles. The highest BCUT2D eigenvalue weighted by Gasteiger charge is 2.29. The van der Waals surface area contributed by atoms with Crippen molar-refractivity contribution in [3.8, 4) is 11.4 Å². The molecule has 7 nitrogen and oxygen atoms in total.